The summed E-state index contributed by atoms with van der Waals surface area (Å²) in [6.07, 6.45) is 3.40. The molecular formula is C14H20O2. The monoisotopic (exact) mass is 220 g/mol. The number of hydrogen-bond donors (Lipinski definition) is 1. The lowest BCUT2D eigenvalue weighted by Gasteiger charge is -2.07. The zero-order valence-corrected chi connectivity index (χ0v) is 10.1. The van der Waals surface area contributed by atoms with E-state index in [1.165, 1.54) is 11.1 Å². The first kappa shape index (κ1) is 12.9. The van der Waals surface area contributed by atoms with E-state index in [0.717, 1.165) is 24.8 Å². The van der Waals surface area contributed by atoms with E-state index in [1.54, 1.807) is 6.92 Å². The van der Waals surface area contributed by atoms with Crippen LogP contribution >= 0.6 is 0 Å². The molecule has 0 aliphatic carbocycles. The first-order chi connectivity index (χ1) is 7.63. The molecule has 0 aromatic heterocycles. The first-order valence-corrected chi connectivity index (χ1v) is 5.82. The number of aliphatic hydroxyl groups excluding tert-OH is 1. The van der Waals surface area contributed by atoms with Gasteiger partial charge in [0.1, 0.15) is 5.78 Å². The maximum absolute atomic E-state index is 11.0. The van der Waals surface area contributed by atoms with E-state index >= 15 is 0 Å². The molecule has 0 saturated heterocycles. The van der Waals surface area contributed by atoms with Crippen LogP contribution in [0.1, 0.15) is 36.5 Å². The van der Waals surface area contributed by atoms with E-state index in [0.29, 0.717) is 6.42 Å². The Hall–Kier alpha value is -1.15. The number of benzene rings is 1. The summed E-state index contributed by atoms with van der Waals surface area (Å²) < 4.78 is 0. The van der Waals surface area contributed by atoms with Crippen molar-refractivity contribution < 1.29 is 9.90 Å². The quantitative estimate of drug-likeness (QED) is 0.748. The van der Waals surface area contributed by atoms with E-state index in [4.69, 9.17) is 5.11 Å². The molecule has 0 fully saturated rings. The highest BCUT2D eigenvalue weighted by Crippen LogP contribution is 2.14. The van der Waals surface area contributed by atoms with E-state index in [9.17, 15) is 4.79 Å². The van der Waals surface area contributed by atoms with Crippen molar-refractivity contribution in [3.05, 3.63) is 34.9 Å². The summed E-state index contributed by atoms with van der Waals surface area (Å²) >= 11 is 0. The molecule has 2 heteroatoms. The highest BCUT2D eigenvalue weighted by Gasteiger charge is 2.02. The normalized spacial score (nSPS) is 10.4. The van der Waals surface area contributed by atoms with Gasteiger partial charge in [-0.2, -0.15) is 0 Å². The van der Waals surface area contributed by atoms with Gasteiger partial charge in [0.2, 0.25) is 0 Å². The van der Waals surface area contributed by atoms with Gasteiger partial charge in [0.15, 0.2) is 0 Å². The Labute approximate surface area is 97.3 Å². The molecule has 2 nitrogen and oxygen atoms in total. The topological polar surface area (TPSA) is 37.3 Å². The molecule has 0 radical (unpaired) electrons. The molecule has 0 bridgehead atoms. The van der Waals surface area contributed by atoms with Crippen LogP contribution in [0.2, 0.25) is 0 Å². The lowest BCUT2D eigenvalue weighted by molar-refractivity contribution is -0.116. The Bertz CT molecular complexity index is 356. The minimum Gasteiger partial charge on any atom is -0.396 e. The summed E-state index contributed by atoms with van der Waals surface area (Å²) in [5, 5.41) is 8.70. The number of carbonyl (C=O) groups is 1. The Kier molecular flexibility index (Phi) is 5.20. The van der Waals surface area contributed by atoms with E-state index in [1.807, 2.05) is 13.0 Å². The average Bonchev–Trinajstić information content (AvgIpc) is 2.22. The highest BCUT2D eigenvalue weighted by atomic mass is 16.2. The van der Waals surface area contributed by atoms with Crippen molar-refractivity contribution in [2.45, 2.75) is 39.5 Å². The second-order valence-electron chi connectivity index (χ2n) is 4.32. The van der Waals surface area contributed by atoms with Gasteiger partial charge < -0.3 is 5.11 Å². The number of carbonyl (C=O) groups excluding carboxylic acids is 1. The van der Waals surface area contributed by atoms with Crippen LogP contribution in [0.25, 0.3) is 0 Å². The maximum Gasteiger partial charge on any atom is 0.134 e. The van der Waals surface area contributed by atoms with Gasteiger partial charge >= 0.3 is 0 Å². The molecule has 0 spiro atoms. The van der Waals surface area contributed by atoms with Crippen LogP contribution in [0.5, 0.6) is 0 Å². The fourth-order valence-electron chi connectivity index (χ4n) is 1.82. The molecule has 1 aromatic carbocycles. The number of hydrogen-bond acceptors (Lipinski definition) is 2. The lowest BCUT2D eigenvalue weighted by atomic mass is 9.99. The Morgan fingerprint density at radius 2 is 2.06 bits per heavy atom. The average molecular weight is 220 g/mol. The number of rotatable bonds is 6. The van der Waals surface area contributed by atoms with Gasteiger partial charge in [-0.25, -0.2) is 0 Å². The predicted octanol–water partition coefficient (Wildman–Crippen LogP) is 2.44. The highest BCUT2D eigenvalue weighted by molar-refractivity contribution is 5.78. The molecule has 88 valence electrons. The van der Waals surface area contributed by atoms with Crippen molar-refractivity contribution >= 4 is 5.78 Å². The third-order valence-electron chi connectivity index (χ3n) is 2.72. The molecule has 0 aliphatic rings. The number of ketones is 1. The van der Waals surface area contributed by atoms with Crippen molar-refractivity contribution in [2.24, 2.45) is 0 Å². The molecule has 1 aromatic rings. The maximum atomic E-state index is 11.0. The third-order valence-corrected chi connectivity index (χ3v) is 2.72. The van der Waals surface area contributed by atoms with Gasteiger partial charge in [-0.15, -0.1) is 0 Å². The Morgan fingerprint density at radius 1 is 1.31 bits per heavy atom. The summed E-state index contributed by atoms with van der Waals surface area (Å²) in [6, 6.07) is 6.28. The van der Waals surface area contributed by atoms with Crippen LogP contribution in [0.15, 0.2) is 18.2 Å². The predicted molar refractivity (Wildman–Crippen MR) is 65.6 cm³/mol. The number of unbranched alkanes of at least 4 members (excludes halogenated alkanes) is 1. The van der Waals surface area contributed by atoms with Crippen LogP contribution in [-0.2, 0) is 17.6 Å². The van der Waals surface area contributed by atoms with Gasteiger partial charge in [0.05, 0.1) is 0 Å². The first-order valence-electron chi connectivity index (χ1n) is 5.82. The fourth-order valence-corrected chi connectivity index (χ4v) is 1.82. The van der Waals surface area contributed by atoms with Crippen molar-refractivity contribution in [1.29, 1.82) is 0 Å². The van der Waals surface area contributed by atoms with Crippen LogP contribution < -0.4 is 0 Å². The SMILES string of the molecule is CC(=O)Cc1ccc(CCCCO)cc1C. The summed E-state index contributed by atoms with van der Waals surface area (Å²) in [5.41, 5.74) is 3.60. The van der Waals surface area contributed by atoms with Gasteiger partial charge in [-0.1, -0.05) is 18.2 Å². The lowest BCUT2D eigenvalue weighted by Crippen LogP contribution is -1.99. The largest absolute Gasteiger partial charge is 0.396 e. The summed E-state index contributed by atoms with van der Waals surface area (Å²) in [7, 11) is 0. The van der Waals surface area contributed by atoms with Crippen molar-refractivity contribution in [2.75, 3.05) is 6.61 Å². The molecule has 0 heterocycles. The van der Waals surface area contributed by atoms with Gasteiger partial charge in [0, 0.05) is 13.0 Å². The molecule has 0 saturated carbocycles. The molecule has 0 atom stereocenters. The minimum absolute atomic E-state index is 0.205. The second kappa shape index (κ2) is 6.44. The number of aliphatic hydroxyl groups is 1. The smallest absolute Gasteiger partial charge is 0.134 e. The van der Waals surface area contributed by atoms with E-state index < -0.39 is 0 Å². The zero-order chi connectivity index (χ0) is 12.0. The molecule has 1 rings (SSSR count). The van der Waals surface area contributed by atoms with Gasteiger partial charge in [0.25, 0.3) is 0 Å². The van der Waals surface area contributed by atoms with Gasteiger partial charge in [-0.05, 0) is 49.8 Å². The van der Waals surface area contributed by atoms with Gasteiger partial charge in [-0.3, -0.25) is 4.79 Å². The molecule has 1 N–H and O–H groups in total. The van der Waals surface area contributed by atoms with Crippen LogP contribution in [0, 0.1) is 6.92 Å². The summed E-state index contributed by atoms with van der Waals surface area (Å²) in [6.45, 7) is 3.93. The van der Waals surface area contributed by atoms with E-state index in [2.05, 4.69) is 12.1 Å². The standard InChI is InChI=1S/C14H20O2/c1-11-9-13(5-3-4-8-15)6-7-14(11)10-12(2)16/h6-7,9,15H,3-5,8,10H2,1-2H3. The molecular weight excluding hydrogens is 200 g/mol. The fraction of sp³-hybridized carbons (Fsp3) is 0.500. The van der Waals surface area contributed by atoms with Crippen LogP contribution in [0.4, 0.5) is 0 Å². The Balaban J connectivity index is 2.63. The third kappa shape index (κ3) is 4.15. The summed E-state index contributed by atoms with van der Waals surface area (Å²) in [5.74, 6) is 0.205. The second-order valence-corrected chi connectivity index (χ2v) is 4.32. The molecule has 0 unspecified atom stereocenters. The minimum atomic E-state index is 0.205. The number of aryl methyl sites for hydroxylation is 2. The molecule has 0 amide bonds. The van der Waals surface area contributed by atoms with Crippen LogP contribution in [-0.4, -0.2) is 17.5 Å². The van der Waals surface area contributed by atoms with Crippen molar-refractivity contribution in [3.63, 3.8) is 0 Å². The zero-order valence-electron chi connectivity index (χ0n) is 10.1. The number of Topliss-reactive ketones (excluding diaryl/α,β-unsaturated/α-hetero) is 1. The molecule has 0 aliphatic heterocycles. The van der Waals surface area contributed by atoms with E-state index in [-0.39, 0.29) is 12.4 Å². The van der Waals surface area contributed by atoms with Crippen LogP contribution in [0.3, 0.4) is 0 Å². The summed E-state index contributed by atoms with van der Waals surface area (Å²) in [4.78, 5) is 11.0. The molecule has 16 heavy (non-hydrogen) atoms. The van der Waals surface area contributed by atoms with Crippen molar-refractivity contribution in [3.8, 4) is 0 Å². The van der Waals surface area contributed by atoms with Crippen molar-refractivity contribution in [1.82, 2.24) is 0 Å². The Morgan fingerprint density at radius 3 is 2.62 bits per heavy atom.